The van der Waals surface area contributed by atoms with Crippen LogP contribution in [-0.4, -0.2) is 52.7 Å². The van der Waals surface area contributed by atoms with E-state index in [9.17, 15) is 33.0 Å². The van der Waals surface area contributed by atoms with Crippen LogP contribution in [0.15, 0.2) is 11.0 Å². The zero-order valence-electron chi connectivity index (χ0n) is 17.0. The van der Waals surface area contributed by atoms with Gasteiger partial charge in [-0.1, -0.05) is 0 Å². The SMILES string of the molecule is COc1c(N2CCC(O)(C(F)(F)F)CC2)c(F)c(N)c2c(=O)c(C(=O)O)cn(C3CC3)c12. The van der Waals surface area contributed by atoms with Gasteiger partial charge in [0.1, 0.15) is 11.3 Å². The number of nitrogens with zero attached hydrogens (tertiary/aromatic N) is 2. The van der Waals surface area contributed by atoms with Crippen molar-refractivity contribution >= 4 is 28.2 Å². The minimum Gasteiger partial charge on any atom is -0.492 e. The summed E-state index contributed by atoms with van der Waals surface area (Å²) in [6.45, 7) is -0.676. The van der Waals surface area contributed by atoms with Crippen LogP contribution in [0.3, 0.4) is 0 Å². The van der Waals surface area contributed by atoms with Crippen LogP contribution in [0.2, 0.25) is 0 Å². The van der Waals surface area contributed by atoms with Gasteiger partial charge in [-0.3, -0.25) is 4.79 Å². The summed E-state index contributed by atoms with van der Waals surface area (Å²) < 4.78 is 61.9. The number of piperidine rings is 1. The molecule has 0 atom stereocenters. The molecule has 8 nitrogen and oxygen atoms in total. The van der Waals surface area contributed by atoms with Gasteiger partial charge in [-0.15, -0.1) is 0 Å². The maximum atomic E-state index is 15.4. The van der Waals surface area contributed by atoms with E-state index in [1.165, 1.54) is 16.6 Å². The van der Waals surface area contributed by atoms with Crippen molar-refractivity contribution in [3.05, 3.63) is 27.8 Å². The molecule has 174 valence electrons. The predicted octanol–water partition coefficient (Wildman–Crippen LogP) is 2.66. The fourth-order valence-corrected chi connectivity index (χ4v) is 4.22. The molecule has 0 spiro atoms. The zero-order valence-corrected chi connectivity index (χ0v) is 17.0. The number of nitrogens with two attached hydrogens (primary N) is 1. The maximum Gasteiger partial charge on any atom is 0.417 e. The third-order valence-electron chi connectivity index (χ3n) is 6.19. The van der Waals surface area contributed by atoms with Gasteiger partial charge in [0.05, 0.1) is 23.7 Å². The van der Waals surface area contributed by atoms with Crippen molar-refractivity contribution < 1.29 is 37.3 Å². The van der Waals surface area contributed by atoms with E-state index >= 15 is 4.39 Å². The van der Waals surface area contributed by atoms with Gasteiger partial charge in [0.2, 0.25) is 5.43 Å². The number of ether oxygens (including phenoxy) is 1. The molecule has 1 aliphatic heterocycles. The van der Waals surface area contributed by atoms with Gasteiger partial charge in [0, 0.05) is 38.2 Å². The lowest BCUT2D eigenvalue weighted by atomic mass is 9.90. The molecular weight excluding hydrogens is 438 g/mol. The number of pyridine rings is 1. The summed E-state index contributed by atoms with van der Waals surface area (Å²) in [6, 6.07) is -0.153. The van der Waals surface area contributed by atoms with E-state index in [-0.39, 0.29) is 41.5 Å². The Bertz CT molecular complexity index is 1160. The number of nitrogen functional groups attached to an aromatic ring is 1. The molecule has 0 amide bonds. The largest absolute Gasteiger partial charge is 0.492 e. The number of rotatable bonds is 4. The Kier molecular flexibility index (Phi) is 5.03. The molecule has 2 fully saturated rings. The average Bonchev–Trinajstić information content (AvgIpc) is 3.55. The normalized spacial score (nSPS) is 18.8. The number of benzene rings is 1. The number of aromatic nitrogens is 1. The first kappa shape index (κ1) is 22.2. The van der Waals surface area contributed by atoms with Crippen LogP contribution < -0.4 is 20.8 Å². The number of aliphatic hydroxyl groups is 1. The van der Waals surface area contributed by atoms with Gasteiger partial charge in [-0.05, 0) is 12.8 Å². The number of hydrogen-bond donors (Lipinski definition) is 3. The highest BCUT2D eigenvalue weighted by Crippen LogP contribution is 2.47. The molecular formula is C20H21F4N3O5. The quantitative estimate of drug-likeness (QED) is 0.475. The van der Waals surface area contributed by atoms with E-state index in [4.69, 9.17) is 10.5 Å². The molecule has 1 aromatic carbocycles. The van der Waals surface area contributed by atoms with Crippen molar-refractivity contribution in [1.82, 2.24) is 4.57 Å². The molecule has 4 N–H and O–H groups in total. The summed E-state index contributed by atoms with van der Waals surface area (Å²) >= 11 is 0. The molecule has 1 aliphatic carbocycles. The fraction of sp³-hybridized carbons (Fsp3) is 0.500. The first-order chi connectivity index (χ1) is 14.9. The summed E-state index contributed by atoms with van der Waals surface area (Å²) in [5, 5.41) is 19.0. The average molecular weight is 459 g/mol. The van der Waals surface area contributed by atoms with Crippen molar-refractivity contribution in [2.75, 3.05) is 30.8 Å². The topological polar surface area (TPSA) is 118 Å². The highest BCUT2D eigenvalue weighted by atomic mass is 19.4. The molecule has 2 heterocycles. The number of carboxylic acid groups (broad SMARTS) is 1. The number of alkyl halides is 3. The summed E-state index contributed by atoms with van der Waals surface area (Å²) in [5.74, 6) is -2.70. The van der Waals surface area contributed by atoms with Gasteiger partial charge < -0.3 is 30.2 Å². The van der Waals surface area contributed by atoms with Crippen LogP contribution in [-0.2, 0) is 0 Å². The first-order valence-electron chi connectivity index (χ1n) is 9.92. The molecule has 1 saturated carbocycles. The van der Waals surface area contributed by atoms with Crippen molar-refractivity contribution in [2.24, 2.45) is 0 Å². The molecule has 32 heavy (non-hydrogen) atoms. The summed E-state index contributed by atoms with van der Waals surface area (Å²) in [4.78, 5) is 25.7. The van der Waals surface area contributed by atoms with E-state index in [1.807, 2.05) is 0 Å². The van der Waals surface area contributed by atoms with Gasteiger partial charge >= 0.3 is 12.1 Å². The highest BCUT2D eigenvalue weighted by molar-refractivity contribution is 6.03. The van der Waals surface area contributed by atoms with E-state index in [2.05, 4.69) is 0 Å². The maximum absolute atomic E-state index is 15.4. The van der Waals surface area contributed by atoms with E-state index in [1.54, 1.807) is 0 Å². The van der Waals surface area contributed by atoms with E-state index in [0.29, 0.717) is 12.8 Å². The molecule has 2 aromatic rings. The number of carboxylic acids is 1. The van der Waals surface area contributed by atoms with Crippen LogP contribution in [0.1, 0.15) is 42.1 Å². The fourth-order valence-electron chi connectivity index (χ4n) is 4.22. The summed E-state index contributed by atoms with van der Waals surface area (Å²) in [6.07, 6.45) is -3.67. The molecule has 0 radical (unpaired) electrons. The molecule has 2 aliphatic rings. The Hall–Kier alpha value is -3.02. The van der Waals surface area contributed by atoms with Crippen molar-refractivity contribution in [1.29, 1.82) is 0 Å². The number of anilines is 2. The Morgan fingerprint density at radius 3 is 2.34 bits per heavy atom. The smallest absolute Gasteiger partial charge is 0.417 e. The van der Waals surface area contributed by atoms with Gasteiger partial charge in [0.25, 0.3) is 0 Å². The van der Waals surface area contributed by atoms with Crippen molar-refractivity contribution in [3.8, 4) is 5.75 Å². The monoisotopic (exact) mass is 459 g/mol. The Morgan fingerprint density at radius 1 is 1.28 bits per heavy atom. The second-order valence-corrected chi connectivity index (χ2v) is 8.17. The number of fused-ring (bicyclic) bond motifs is 1. The molecule has 0 bridgehead atoms. The molecule has 12 heteroatoms. The van der Waals surface area contributed by atoms with Crippen molar-refractivity contribution in [3.63, 3.8) is 0 Å². The second-order valence-electron chi connectivity index (χ2n) is 8.17. The second kappa shape index (κ2) is 7.26. The van der Waals surface area contributed by atoms with Crippen LogP contribution in [0.5, 0.6) is 5.75 Å². The Labute approximate surface area is 178 Å². The zero-order chi connectivity index (χ0) is 23.6. The number of methoxy groups -OCH3 is 1. The standard InChI is InChI=1S/C20H21F4N3O5/c1-32-17-14-11(16(28)10(18(29)30)8-27(14)9-2-3-9)13(25)12(21)15(17)26-6-4-19(31,5-7-26)20(22,23)24/h8-9,31H,2-7,25H2,1H3,(H,29,30). The number of aromatic carboxylic acids is 1. The molecule has 0 unspecified atom stereocenters. The lowest BCUT2D eigenvalue weighted by Gasteiger charge is -2.40. The van der Waals surface area contributed by atoms with Gasteiger partial charge in [0.15, 0.2) is 17.2 Å². The van der Waals surface area contributed by atoms with Crippen LogP contribution in [0, 0.1) is 5.82 Å². The van der Waals surface area contributed by atoms with Crippen molar-refractivity contribution in [2.45, 2.75) is 43.5 Å². The molecule has 1 saturated heterocycles. The van der Waals surface area contributed by atoms with Crippen LogP contribution in [0.4, 0.5) is 28.9 Å². The lowest BCUT2D eigenvalue weighted by Crippen LogP contribution is -2.53. The van der Waals surface area contributed by atoms with Gasteiger partial charge in [-0.25, -0.2) is 9.18 Å². The summed E-state index contributed by atoms with van der Waals surface area (Å²) in [7, 11) is 1.22. The van der Waals surface area contributed by atoms with E-state index < -0.39 is 53.1 Å². The van der Waals surface area contributed by atoms with E-state index in [0.717, 1.165) is 6.20 Å². The minimum atomic E-state index is -4.83. The highest BCUT2D eigenvalue weighted by Gasteiger charge is 2.55. The van der Waals surface area contributed by atoms with Crippen LogP contribution in [0.25, 0.3) is 10.9 Å². The number of halogens is 4. The predicted molar refractivity (Wildman–Crippen MR) is 107 cm³/mol. The molecule has 1 aromatic heterocycles. The van der Waals surface area contributed by atoms with Gasteiger partial charge in [-0.2, -0.15) is 13.2 Å². The van der Waals surface area contributed by atoms with Crippen LogP contribution >= 0.6 is 0 Å². The number of carbonyl (C=O) groups is 1. The first-order valence-corrected chi connectivity index (χ1v) is 9.92. The minimum absolute atomic E-state index is 0.0931. The number of hydrogen-bond acceptors (Lipinski definition) is 6. The Morgan fingerprint density at radius 2 is 1.88 bits per heavy atom. The third kappa shape index (κ3) is 3.24. The summed E-state index contributed by atoms with van der Waals surface area (Å²) in [5.41, 5.74) is 0.772. The Balaban J connectivity index is 1.94. The molecule has 4 rings (SSSR count). The lowest BCUT2D eigenvalue weighted by molar-refractivity contribution is -0.266. The third-order valence-corrected chi connectivity index (χ3v) is 6.19.